The Morgan fingerprint density at radius 1 is 1.21 bits per heavy atom. The summed E-state index contributed by atoms with van der Waals surface area (Å²) in [6.45, 7) is 8.80. The van der Waals surface area contributed by atoms with Crippen molar-refractivity contribution < 1.29 is 5.11 Å². The van der Waals surface area contributed by atoms with Gasteiger partial charge in [0.15, 0.2) is 0 Å². The normalized spacial score (nSPS) is 13.6. The van der Waals surface area contributed by atoms with Crippen LogP contribution in [-0.2, 0) is 0 Å². The molecule has 0 aliphatic carbocycles. The number of aliphatic hydroxyl groups is 1. The fourth-order valence-corrected chi connectivity index (χ4v) is 2.06. The highest BCUT2D eigenvalue weighted by atomic mass is 16.3. The predicted octanol–water partition coefficient (Wildman–Crippen LogP) is 2.68. The highest BCUT2D eigenvalue weighted by Crippen LogP contribution is 2.21. The third-order valence-electron chi connectivity index (χ3n) is 2.65. The summed E-state index contributed by atoms with van der Waals surface area (Å²) >= 11 is 0. The first-order chi connectivity index (χ1) is 6.56. The molecule has 1 aromatic rings. The maximum atomic E-state index is 9.37. The molecular weight excluding hydrogens is 174 g/mol. The molecule has 0 saturated heterocycles. The van der Waals surface area contributed by atoms with Crippen molar-refractivity contribution >= 4 is 0 Å². The molecule has 1 aromatic heterocycles. The second kappa shape index (κ2) is 4.65. The second-order valence-electron chi connectivity index (χ2n) is 4.45. The standard InChI is InChI=1S/C12H21NO/c1-9(2)7-12(8-14)13-10(3)5-6-11(13)4/h5-6,9,12,14H,7-8H2,1-4H3. The Morgan fingerprint density at radius 2 is 1.71 bits per heavy atom. The van der Waals surface area contributed by atoms with E-state index in [1.54, 1.807) is 0 Å². The van der Waals surface area contributed by atoms with Gasteiger partial charge in [-0.15, -0.1) is 0 Å². The SMILES string of the molecule is Cc1ccc(C)n1C(CO)CC(C)C. The minimum Gasteiger partial charge on any atom is -0.394 e. The molecular formula is C12H21NO. The first kappa shape index (κ1) is 11.3. The monoisotopic (exact) mass is 195 g/mol. The minimum atomic E-state index is 0.231. The van der Waals surface area contributed by atoms with Gasteiger partial charge in [-0.2, -0.15) is 0 Å². The Labute approximate surface area is 86.6 Å². The first-order valence-electron chi connectivity index (χ1n) is 5.31. The summed E-state index contributed by atoms with van der Waals surface area (Å²) in [5, 5.41) is 9.37. The highest BCUT2D eigenvalue weighted by Gasteiger charge is 2.14. The van der Waals surface area contributed by atoms with Crippen LogP contribution in [-0.4, -0.2) is 16.3 Å². The number of rotatable bonds is 4. The smallest absolute Gasteiger partial charge is 0.0639 e. The Hall–Kier alpha value is -0.760. The van der Waals surface area contributed by atoms with Gasteiger partial charge in [-0.1, -0.05) is 13.8 Å². The van der Waals surface area contributed by atoms with Gasteiger partial charge in [-0.05, 0) is 38.3 Å². The summed E-state index contributed by atoms with van der Waals surface area (Å²) in [6, 6.07) is 4.46. The van der Waals surface area contributed by atoms with E-state index in [1.165, 1.54) is 11.4 Å². The molecule has 0 radical (unpaired) electrons. The minimum absolute atomic E-state index is 0.231. The van der Waals surface area contributed by atoms with Crippen molar-refractivity contribution in [1.29, 1.82) is 0 Å². The summed E-state index contributed by atoms with van der Waals surface area (Å²) < 4.78 is 2.24. The van der Waals surface area contributed by atoms with Crippen LogP contribution in [0.15, 0.2) is 12.1 Å². The van der Waals surface area contributed by atoms with Gasteiger partial charge < -0.3 is 9.67 Å². The van der Waals surface area contributed by atoms with Crippen molar-refractivity contribution in [3.05, 3.63) is 23.5 Å². The molecule has 14 heavy (non-hydrogen) atoms. The predicted molar refractivity (Wildman–Crippen MR) is 59.5 cm³/mol. The third-order valence-corrected chi connectivity index (χ3v) is 2.65. The lowest BCUT2D eigenvalue weighted by atomic mass is 10.0. The van der Waals surface area contributed by atoms with Gasteiger partial charge in [0.2, 0.25) is 0 Å². The topological polar surface area (TPSA) is 25.2 Å². The van der Waals surface area contributed by atoms with Crippen LogP contribution in [0, 0.1) is 19.8 Å². The highest BCUT2D eigenvalue weighted by molar-refractivity contribution is 5.15. The second-order valence-corrected chi connectivity index (χ2v) is 4.45. The molecule has 1 atom stereocenters. The van der Waals surface area contributed by atoms with Crippen LogP contribution < -0.4 is 0 Å². The molecule has 0 fully saturated rings. The van der Waals surface area contributed by atoms with Crippen LogP contribution in [0.3, 0.4) is 0 Å². The number of hydrogen-bond donors (Lipinski definition) is 1. The average Bonchev–Trinajstić information content (AvgIpc) is 2.43. The lowest BCUT2D eigenvalue weighted by molar-refractivity contribution is 0.205. The van der Waals surface area contributed by atoms with E-state index in [-0.39, 0.29) is 12.6 Å². The van der Waals surface area contributed by atoms with Crippen LogP contribution >= 0.6 is 0 Å². The maximum absolute atomic E-state index is 9.37. The van der Waals surface area contributed by atoms with Crippen molar-refractivity contribution in [3.63, 3.8) is 0 Å². The quantitative estimate of drug-likeness (QED) is 0.785. The molecule has 2 nitrogen and oxygen atoms in total. The van der Waals surface area contributed by atoms with E-state index in [4.69, 9.17) is 0 Å². The third kappa shape index (κ3) is 2.38. The van der Waals surface area contributed by atoms with Gasteiger partial charge in [-0.3, -0.25) is 0 Å². The Morgan fingerprint density at radius 3 is 2.07 bits per heavy atom. The maximum Gasteiger partial charge on any atom is 0.0639 e. The van der Waals surface area contributed by atoms with Crippen molar-refractivity contribution in [1.82, 2.24) is 4.57 Å². The molecule has 80 valence electrons. The van der Waals surface area contributed by atoms with Gasteiger partial charge in [0.05, 0.1) is 12.6 Å². The van der Waals surface area contributed by atoms with Crippen molar-refractivity contribution in [2.24, 2.45) is 5.92 Å². The summed E-state index contributed by atoms with van der Waals surface area (Å²) in [4.78, 5) is 0. The van der Waals surface area contributed by atoms with Crippen molar-refractivity contribution in [2.45, 2.75) is 40.2 Å². The summed E-state index contributed by atoms with van der Waals surface area (Å²) in [7, 11) is 0. The van der Waals surface area contributed by atoms with Gasteiger partial charge >= 0.3 is 0 Å². The Bertz CT molecular complexity index is 269. The molecule has 0 aliphatic heterocycles. The first-order valence-corrected chi connectivity index (χ1v) is 5.31. The number of aromatic nitrogens is 1. The summed E-state index contributed by atoms with van der Waals surface area (Å²) in [5.74, 6) is 0.619. The van der Waals surface area contributed by atoms with Crippen LogP contribution in [0.1, 0.15) is 37.7 Å². The van der Waals surface area contributed by atoms with Crippen molar-refractivity contribution in [3.8, 4) is 0 Å². The van der Waals surface area contributed by atoms with E-state index in [1.807, 2.05) is 0 Å². The van der Waals surface area contributed by atoms with Crippen LogP contribution in [0.25, 0.3) is 0 Å². The number of nitrogens with zero attached hydrogens (tertiary/aromatic N) is 1. The zero-order valence-corrected chi connectivity index (χ0v) is 9.62. The zero-order valence-electron chi connectivity index (χ0n) is 9.62. The summed E-state index contributed by atoms with van der Waals surface area (Å²) in [5.41, 5.74) is 2.48. The number of hydrogen-bond acceptors (Lipinski definition) is 1. The van der Waals surface area contributed by atoms with Gasteiger partial charge in [-0.25, -0.2) is 0 Å². The molecule has 0 spiro atoms. The van der Waals surface area contributed by atoms with Crippen LogP contribution in [0.4, 0.5) is 0 Å². The van der Waals surface area contributed by atoms with Gasteiger partial charge in [0.1, 0.15) is 0 Å². The van der Waals surface area contributed by atoms with E-state index < -0.39 is 0 Å². The molecule has 1 heterocycles. The van der Waals surface area contributed by atoms with E-state index in [0.717, 1.165) is 6.42 Å². The molecule has 2 heteroatoms. The van der Waals surface area contributed by atoms with E-state index in [9.17, 15) is 5.11 Å². The largest absolute Gasteiger partial charge is 0.394 e. The molecule has 0 saturated carbocycles. The fraction of sp³-hybridized carbons (Fsp3) is 0.667. The number of aliphatic hydroxyl groups excluding tert-OH is 1. The van der Waals surface area contributed by atoms with E-state index in [2.05, 4.69) is 44.4 Å². The Kier molecular flexibility index (Phi) is 3.76. The molecule has 1 rings (SSSR count). The molecule has 0 aliphatic rings. The molecule has 0 bridgehead atoms. The molecule has 1 unspecified atom stereocenters. The lowest BCUT2D eigenvalue weighted by Crippen LogP contribution is -2.17. The molecule has 0 amide bonds. The summed E-state index contributed by atoms with van der Waals surface area (Å²) in [6.07, 6.45) is 1.03. The Balaban J connectivity index is 2.88. The van der Waals surface area contributed by atoms with Crippen LogP contribution in [0.5, 0.6) is 0 Å². The van der Waals surface area contributed by atoms with Crippen molar-refractivity contribution in [2.75, 3.05) is 6.61 Å². The fourth-order valence-electron chi connectivity index (χ4n) is 2.06. The average molecular weight is 195 g/mol. The zero-order chi connectivity index (χ0) is 10.7. The molecule has 0 aromatic carbocycles. The van der Waals surface area contributed by atoms with Gasteiger partial charge in [0, 0.05) is 11.4 Å². The lowest BCUT2D eigenvalue weighted by Gasteiger charge is -2.22. The van der Waals surface area contributed by atoms with Gasteiger partial charge in [0.25, 0.3) is 0 Å². The van der Waals surface area contributed by atoms with E-state index in [0.29, 0.717) is 5.92 Å². The molecule has 1 N–H and O–H groups in total. The number of aryl methyl sites for hydroxylation is 2. The van der Waals surface area contributed by atoms with E-state index >= 15 is 0 Å². The van der Waals surface area contributed by atoms with Crippen LogP contribution in [0.2, 0.25) is 0 Å².